The van der Waals surface area contributed by atoms with Crippen molar-refractivity contribution in [2.24, 2.45) is 0 Å². The smallest absolute Gasteiger partial charge is 0.0628 e. The van der Waals surface area contributed by atoms with Crippen LogP contribution in [0, 0.1) is 0 Å². The summed E-state index contributed by atoms with van der Waals surface area (Å²) in [5.74, 6) is 0. The zero-order chi connectivity index (χ0) is 13.1. The summed E-state index contributed by atoms with van der Waals surface area (Å²) >= 11 is 3.80. The molecule has 1 aliphatic carbocycles. The van der Waals surface area contributed by atoms with Gasteiger partial charge in [-0.05, 0) is 50.2 Å². The predicted molar refractivity (Wildman–Crippen MR) is 87.3 cm³/mol. The van der Waals surface area contributed by atoms with Crippen molar-refractivity contribution in [3.05, 3.63) is 34.0 Å². The molecule has 0 fully saturated rings. The van der Waals surface area contributed by atoms with Gasteiger partial charge >= 0.3 is 0 Å². The summed E-state index contributed by atoms with van der Waals surface area (Å²) < 4.78 is 2.87. The Morgan fingerprint density at radius 2 is 2.05 bits per heavy atom. The lowest BCUT2D eigenvalue weighted by Crippen LogP contribution is -2.18. The lowest BCUT2D eigenvalue weighted by molar-refractivity contribution is 0.578. The summed E-state index contributed by atoms with van der Waals surface area (Å²) in [5.41, 5.74) is 1.61. The van der Waals surface area contributed by atoms with Gasteiger partial charge in [0.25, 0.3) is 0 Å². The Bertz CT molecular complexity index is 536. The lowest BCUT2D eigenvalue weighted by Gasteiger charge is -2.20. The molecule has 0 aromatic carbocycles. The van der Waals surface area contributed by atoms with Gasteiger partial charge in [-0.3, -0.25) is 0 Å². The van der Waals surface area contributed by atoms with Crippen molar-refractivity contribution < 1.29 is 0 Å². The average Bonchev–Trinajstić information content (AvgIpc) is 2.93. The van der Waals surface area contributed by atoms with Crippen LogP contribution in [0.25, 0.3) is 9.40 Å². The number of allylic oxidation sites excluding steroid dienone is 1. The molecule has 0 radical (unpaired) electrons. The van der Waals surface area contributed by atoms with Crippen molar-refractivity contribution in [3.8, 4) is 0 Å². The van der Waals surface area contributed by atoms with Crippen molar-refractivity contribution >= 4 is 32.1 Å². The van der Waals surface area contributed by atoms with Gasteiger partial charge in [0.1, 0.15) is 0 Å². The summed E-state index contributed by atoms with van der Waals surface area (Å²) in [7, 11) is 2.10. The Morgan fingerprint density at radius 1 is 1.16 bits per heavy atom. The highest BCUT2D eigenvalue weighted by molar-refractivity contribution is 7.27. The molecule has 1 atom stereocenters. The molecular weight excluding hydrogens is 270 g/mol. The van der Waals surface area contributed by atoms with E-state index in [4.69, 9.17) is 0 Å². The van der Waals surface area contributed by atoms with E-state index in [1.54, 1.807) is 5.57 Å². The fourth-order valence-electron chi connectivity index (χ4n) is 2.92. The van der Waals surface area contributed by atoms with Crippen LogP contribution in [-0.2, 0) is 0 Å². The van der Waals surface area contributed by atoms with Crippen LogP contribution < -0.4 is 5.32 Å². The van der Waals surface area contributed by atoms with Crippen LogP contribution in [0.4, 0.5) is 0 Å². The molecule has 19 heavy (non-hydrogen) atoms. The normalized spacial score (nSPS) is 21.6. The number of thiophene rings is 2. The molecule has 2 aromatic rings. The third-order valence-electron chi connectivity index (χ3n) is 3.93. The van der Waals surface area contributed by atoms with Gasteiger partial charge in [0.2, 0.25) is 0 Å². The summed E-state index contributed by atoms with van der Waals surface area (Å²) in [4.78, 5) is 1.48. The quantitative estimate of drug-likeness (QED) is 0.736. The van der Waals surface area contributed by atoms with Gasteiger partial charge in [0.05, 0.1) is 6.04 Å². The van der Waals surface area contributed by atoms with Crippen molar-refractivity contribution in [3.63, 3.8) is 0 Å². The molecule has 2 aromatic heterocycles. The second kappa shape index (κ2) is 6.21. The molecule has 0 saturated carbocycles. The molecule has 3 heteroatoms. The fourth-order valence-corrected chi connectivity index (χ4v) is 5.19. The van der Waals surface area contributed by atoms with Gasteiger partial charge in [0.15, 0.2) is 0 Å². The minimum absolute atomic E-state index is 0.433. The molecule has 2 heterocycles. The van der Waals surface area contributed by atoms with Gasteiger partial charge in [-0.2, -0.15) is 0 Å². The minimum atomic E-state index is 0.433. The standard InChI is InChI=1S/C16H21NS2/c1-17-16(12-7-5-3-2-4-6-8-12)15-11-14-13(19-15)9-10-18-14/h7,9-11,16-17H,2-6,8H2,1H3/b12-7+. The molecular formula is C16H21NS2. The molecule has 1 nitrogen and oxygen atoms in total. The first-order chi connectivity index (χ1) is 9.38. The highest BCUT2D eigenvalue weighted by Crippen LogP contribution is 2.37. The molecule has 0 spiro atoms. The van der Waals surface area contributed by atoms with Crippen molar-refractivity contribution in [1.29, 1.82) is 0 Å². The molecule has 0 amide bonds. The zero-order valence-electron chi connectivity index (χ0n) is 11.4. The van der Waals surface area contributed by atoms with Crippen LogP contribution in [-0.4, -0.2) is 7.05 Å². The van der Waals surface area contributed by atoms with Gasteiger partial charge in [-0.15, -0.1) is 22.7 Å². The topological polar surface area (TPSA) is 12.0 Å². The summed E-state index contributed by atoms with van der Waals surface area (Å²) in [6.07, 6.45) is 10.5. The predicted octanol–water partition coefficient (Wildman–Crippen LogP) is 5.50. The first-order valence-electron chi connectivity index (χ1n) is 7.21. The summed E-state index contributed by atoms with van der Waals surface area (Å²) in [6.45, 7) is 0. The first-order valence-corrected chi connectivity index (χ1v) is 8.91. The largest absolute Gasteiger partial charge is 0.309 e. The van der Waals surface area contributed by atoms with E-state index >= 15 is 0 Å². The third-order valence-corrected chi connectivity index (χ3v) is 6.09. The molecule has 0 aliphatic heterocycles. The molecule has 0 bridgehead atoms. The van der Waals surface area contributed by atoms with Crippen LogP contribution in [0.2, 0.25) is 0 Å². The van der Waals surface area contributed by atoms with E-state index in [9.17, 15) is 0 Å². The van der Waals surface area contributed by atoms with Gasteiger partial charge in [-0.1, -0.05) is 24.5 Å². The van der Waals surface area contributed by atoms with E-state index in [2.05, 4.69) is 36.0 Å². The van der Waals surface area contributed by atoms with Gasteiger partial charge < -0.3 is 5.32 Å². The molecule has 102 valence electrons. The summed E-state index contributed by atoms with van der Waals surface area (Å²) in [5, 5.41) is 5.72. The molecule has 1 unspecified atom stereocenters. The maximum atomic E-state index is 3.53. The van der Waals surface area contributed by atoms with Crippen LogP contribution in [0.5, 0.6) is 0 Å². The number of fused-ring (bicyclic) bond motifs is 1. The lowest BCUT2D eigenvalue weighted by atomic mass is 9.94. The number of hydrogen-bond donors (Lipinski definition) is 1. The monoisotopic (exact) mass is 291 g/mol. The van der Waals surface area contributed by atoms with E-state index in [-0.39, 0.29) is 0 Å². The SMILES string of the molecule is CNC(/C1=C/CCCCCC1)c1cc2sccc2s1. The molecule has 1 N–H and O–H groups in total. The van der Waals surface area contributed by atoms with Crippen LogP contribution in [0.1, 0.15) is 49.4 Å². The van der Waals surface area contributed by atoms with E-state index in [0.29, 0.717) is 6.04 Å². The maximum Gasteiger partial charge on any atom is 0.0628 e. The van der Waals surface area contributed by atoms with Crippen molar-refractivity contribution in [1.82, 2.24) is 5.32 Å². The van der Waals surface area contributed by atoms with Crippen LogP contribution in [0.3, 0.4) is 0 Å². The fraction of sp³-hybridized carbons (Fsp3) is 0.500. The molecule has 1 aliphatic rings. The molecule has 3 rings (SSSR count). The first kappa shape index (κ1) is 13.3. The molecule has 0 saturated heterocycles. The highest BCUT2D eigenvalue weighted by atomic mass is 32.1. The Morgan fingerprint density at radius 3 is 2.89 bits per heavy atom. The van der Waals surface area contributed by atoms with Crippen molar-refractivity contribution in [2.75, 3.05) is 7.05 Å². The number of hydrogen-bond acceptors (Lipinski definition) is 3. The number of rotatable bonds is 3. The Balaban J connectivity index is 1.88. The Labute approximate surface area is 123 Å². The Kier molecular flexibility index (Phi) is 4.36. The van der Waals surface area contributed by atoms with E-state index in [0.717, 1.165) is 0 Å². The Hall–Kier alpha value is -0.640. The van der Waals surface area contributed by atoms with Crippen LogP contribution in [0.15, 0.2) is 29.2 Å². The number of likely N-dealkylation sites (N-methyl/N-ethyl adjacent to an activating group) is 1. The van der Waals surface area contributed by atoms with Gasteiger partial charge in [-0.25, -0.2) is 0 Å². The van der Waals surface area contributed by atoms with E-state index in [1.807, 2.05) is 22.7 Å². The van der Waals surface area contributed by atoms with E-state index in [1.165, 1.54) is 52.8 Å². The highest BCUT2D eigenvalue weighted by Gasteiger charge is 2.18. The zero-order valence-corrected chi connectivity index (χ0v) is 13.1. The minimum Gasteiger partial charge on any atom is -0.309 e. The van der Waals surface area contributed by atoms with Crippen LogP contribution >= 0.6 is 22.7 Å². The van der Waals surface area contributed by atoms with Crippen molar-refractivity contribution in [2.45, 2.75) is 44.6 Å². The second-order valence-corrected chi connectivity index (χ2v) is 7.31. The maximum absolute atomic E-state index is 3.53. The third kappa shape index (κ3) is 2.93. The van der Waals surface area contributed by atoms with E-state index < -0.39 is 0 Å². The van der Waals surface area contributed by atoms with Gasteiger partial charge in [0, 0.05) is 14.3 Å². The second-order valence-electron chi connectivity index (χ2n) is 5.25. The average molecular weight is 291 g/mol. The summed E-state index contributed by atoms with van der Waals surface area (Å²) in [6, 6.07) is 5.06. The number of nitrogens with one attached hydrogen (secondary N) is 1.